The third kappa shape index (κ3) is 3.65. The van der Waals surface area contributed by atoms with E-state index in [4.69, 9.17) is 4.74 Å². The van der Waals surface area contributed by atoms with Crippen LogP contribution in [0.3, 0.4) is 0 Å². The Labute approximate surface area is 171 Å². The van der Waals surface area contributed by atoms with Gasteiger partial charge in [0.25, 0.3) is 0 Å². The van der Waals surface area contributed by atoms with Crippen molar-refractivity contribution in [1.29, 1.82) is 0 Å². The molecule has 0 saturated heterocycles. The molecule has 3 heteroatoms. The molecule has 148 valence electrons. The normalized spacial score (nSPS) is 11.2. The van der Waals surface area contributed by atoms with E-state index in [2.05, 4.69) is 23.6 Å². The van der Waals surface area contributed by atoms with Gasteiger partial charge in [0.15, 0.2) is 5.78 Å². The Hall–Kier alpha value is -3.07. The minimum atomic E-state index is 0.0624. The number of benzene rings is 3. The minimum Gasteiger partial charge on any atom is -0.496 e. The van der Waals surface area contributed by atoms with Crippen LogP contribution in [0.15, 0.2) is 66.9 Å². The van der Waals surface area contributed by atoms with Crippen molar-refractivity contribution < 1.29 is 9.53 Å². The topological polar surface area (TPSA) is 31.2 Å². The lowest BCUT2D eigenvalue weighted by Gasteiger charge is -2.09. The summed E-state index contributed by atoms with van der Waals surface area (Å²) in [4.78, 5) is 13.6. The maximum atomic E-state index is 13.6. The molecule has 3 nitrogen and oxygen atoms in total. The second-order valence-electron chi connectivity index (χ2n) is 7.50. The number of rotatable bonds is 8. The standard InChI is InChI=1S/C26H27NO2/c1-3-4-5-10-17-27-18-23(20-12-8-9-14-24(20)27)26(28)22-15-16-25(29-2)21-13-7-6-11-19(21)22/h6-9,11-16,18H,3-5,10,17H2,1-2H3. The van der Waals surface area contributed by atoms with Gasteiger partial charge >= 0.3 is 0 Å². The van der Waals surface area contributed by atoms with Crippen LogP contribution >= 0.6 is 0 Å². The quantitative estimate of drug-likeness (QED) is 0.252. The number of hydrogen-bond acceptors (Lipinski definition) is 2. The molecule has 0 radical (unpaired) electrons. The molecule has 4 aromatic rings. The second-order valence-corrected chi connectivity index (χ2v) is 7.50. The molecule has 0 aliphatic heterocycles. The summed E-state index contributed by atoms with van der Waals surface area (Å²) in [5, 5.41) is 2.91. The van der Waals surface area contributed by atoms with Crippen LogP contribution in [0.1, 0.15) is 48.5 Å². The maximum Gasteiger partial charge on any atom is 0.195 e. The summed E-state index contributed by atoms with van der Waals surface area (Å²) in [5.41, 5.74) is 2.62. The monoisotopic (exact) mass is 385 g/mol. The van der Waals surface area contributed by atoms with Crippen LogP contribution in [0.2, 0.25) is 0 Å². The number of aryl methyl sites for hydroxylation is 1. The average molecular weight is 386 g/mol. The van der Waals surface area contributed by atoms with Crippen molar-refractivity contribution in [3.8, 4) is 5.75 Å². The van der Waals surface area contributed by atoms with E-state index in [0.717, 1.165) is 51.5 Å². The van der Waals surface area contributed by atoms with Gasteiger partial charge < -0.3 is 9.30 Å². The summed E-state index contributed by atoms with van der Waals surface area (Å²) in [6.07, 6.45) is 6.86. The van der Waals surface area contributed by atoms with Crippen LogP contribution < -0.4 is 4.74 Å². The predicted octanol–water partition coefficient (Wildman–Crippen LogP) is 6.61. The van der Waals surface area contributed by atoms with Gasteiger partial charge in [-0.1, -0.05) is 68.7 Å². The lowest BCUT2D eigenvalue weighted by Crippen LogP contribution is -2.03. The highest BCUT2D eigenvalue weighted by Crippen LogP contribution is 2.31. The Morgan fingerprint density at radius 3 is 2.31 bits per heavy atom. The average Bonchev–Trinajstić information content (AvgIpc) is 3.14. The first kappa shape index (κ1) is 19.3. The van der Waals surface area contributed by atoms with Crippen molar-refractivity contribution in [2.24, 2.45) is 0 Å². The van der Waals surface area contributed by atoms with Gasteiger partial charge in [-0.3, -0.25) is 4.79 Å². The predicted molar refractivity (Wildman–Crippen MR) is 120 cm³/mol. The van der Waals surface area contributed by atoms with Crippen LogP contribution in [-0.4, -0.2) is 17.5 Å². The number of ketones is 1. The molecule has 0 aliphatic rings. The van der Waals surface area contributed by atoms with Crippen molar-refractivity contribution in [1.82, 2.24) is 4.57 Å². The van der Waals surface area contributed by atoms with Gasteiger partial charge in [0.05, 0.1) is 7.11 Å². The van der Waals surface area contributed by atoms with Gasteiger partial charge in [-0.05, 0) is 30.0 Å². The lowest BCUT2D eigenvalue weighted by molar-refractivity contribution is 0.104. The smallest absolute Gasteiger partial charge is 0.195 e. The summed E-state index contributed by atoms with van der Waals surface area (Å²) in [6, 6.07) is 19.9. The maximum absolute atomic E-state index is 13.6. The van der Waals surface area contributed by atoms with Crippen LogP contribution in [0.25, 0.3) is 21.7 Å². The minimum absolute atomic E-state index is 0.0624. The van der Waals surface area contributed by atoms with Crippen LogP contribution in [0.4, 0.5) is 0 Å². The van der Waals surface area contributed by atoms with E-state index >= 15 is 0 Å². The molecule has 0 spiro atoms. The summed E-state index contributed by atoms with van der Waals surface area (Å²) in [5.74, 6) is 0.850. The number of para-hydroxylation sites is 1. The van der Waals surface area contributed by atoms with E-state index < -0.39 is 0 Å². The zero-order chi connectivity index (χ0) is 20.2. The highest BCUT2D eigenvalue weighted by atomic mass is 16.5. The van der Waals surface area contributed by atoms with Crippen LogP contribution in [-0.2, 0) is 6.54 Å². The second kappa shape index (κ2) is 8.52. The number of ether oxygens (including phenoxy) is 1. The summed E-state index contributed by atoms with van der Waals surface area (Å²) >= 11 is 0. The number of hydrogen-bond donors (Lipinski definition) is 0. The van der Waals surface area contributed by atoms with E-state index in [9.17, 15) is 4.79 Å². The van der Waals surface area contributed by atoms with Gasteiger partial charge in [-0.2, -0.15) is 0 Å². The number of carbonyl (C=O) groups excluding carboxylic acids is 1. The molecule has 0 amide bonds. The fourth-order valence-electron chi connectivity index (χ4n) is 4.11. The first-order valence-electron chi connectivity index (χ1n) is 10.4. The zero-order valence-electron chi connectivity index (χ0n) is 17.2. The van der Waals surface area contributed by atoms with Crippen LogP contribution in [0.5, 0.6) is 5.75 Å². The van der Waals surface area contributed by atoms with E-state index in [1.807, 2.05) is 54.7 Å². The van der Waals surface area contributed by atoms with Gasteiger partial charge in [0.1, 0.15) is 5.75 Å². The Kier molecular flexibility index (Phi) is 5.66. The molecular weight excluding hydrogens is 358 g/mol. The third-order valence-corrected chi connectivity index (χ3v) is 5.63. The largest absolute Gasteiger partial charge is 0.496 e. The number of unbranched alkanes of at least 4 members (excludes halogenated alkanes) is 3. The fourth-order valence-corrected chi connectivity index (χ4v) is 4.11. The number of fused-ring (bicyclic) bond motifs is 2. The molecule has 0 bridgehead atoms. The molecule has 0 aliphatic carbocycles. The molecule has 0 unspecified atom stereocenters. The molecule has 1 aromatic heterocycles. The van der Waals surface area contributed by atoms with Crippen molar-refractivity contribution in [2.45, 2.75) is 39.2 Å². The van der Waals surface area contributed by atoms with Crippen LogP contribution in [0, 0.1) is 0 Å². The van der Waals surface area contributed by atoms with Gasteiger partial charge in [-0.15, -0.1) is 0 Å². The third-order valence-electron chi connectivity index (χ3n) is 5.63. The molecule has 0 N–H and O–H groups in total. The summed E-state index contributed by atoms with van der Waals surface area (Å²) in [7, 11) is 1.66. The van der Waals surface area contributed by atoms with Crippen molar-refractivity contribution in [2.75, 3.05) is 7.11 Å². The Bertz CT molecular complexity index is 1160. The molecule has 0 atom stereocenters. The molecular formula is C26H27NO2. The van der Waals surface area contributed by atoms with E-state index in [0.29, 0.717) is 0 Å². The number of carbonyl (C=O) groups is 1. The first-order chi connectivity index (χ1) is 14.2. The SMILES string of the molecule is CCCCCCn1cc(C(=O)c2ccc(OC)c3ccccc23)c2ccccc21. The summed E-state index contributed by atoms with van der Waals surface area (Å²) in [6.45, 7) is 3.16. The van der Waals surface area contributed by atoms with Gasteiger partial charge in [0, 0.05) is 40.2 Å². The highest BCUT2D eigenvalue weighted by Gasteiger charge is 2.19. The molecule has 0 fully saturated rings. The first-order valence-corrected chi connectivity index (χ1v) is 10.4. The molecule has 0 saturated carbocycles. The zero-order valence-corrected chi connectivity index (χ0v) is 17.2. The highest BCUT2D eigenvalue weighted by molar-refractivity contribution is 6.21. The lowest BCUT2D eigenvalue weighted by atomic mass is 9.96. The van der Waals surface area contributed by atoms with Gasteiger partial charge in [0.2, 0.25) is 0 Å². The van der Waals surface area contributed by atoms with E-state index in [1.54, 1.807) is 7.11 Å². The molecule has 3 aromatic carbocycles. The molecule has 4 rings (SSSR count). The van der Waals surface area contributed by atoms with Crippen molar-refractivity contribution >= 4 is 27.5 Å². The van der Waals surface area contributed by atoms with E-state index in [1.165, 1.54) is 19.3 Å². The van der Waals surface area contributed by atoms with Crippen molar-refractivity contribution in [3.63, 3.8) is 0 Å². The Morgan fingerprint density at radius 1 is 0.828 bits per heavy atom. The molecule has 1 heterocycles. The summed E-state index contributed by atoms with van der Waals surface area (Å²) < 4.78 is 7.73. The number of methoxy groups -OCH3 is 1. The molecule has 29 heavy (non-hydrogen) atoms. The fraction of sp³-hybridized carbons (Fsp3) is 0.269. The van der Waals surface area contributed by atoms with Crippen molar-refractivity contribution in [3.05, 3.63) is 78.0 Å². The Morgan fingerprint density at radius 2 is 1.55 bits per heavy atom. The number of aromatic nitrogens is 1. The Balaban J connectivity index is 1.77. The van der Waals surface area contributed by atoms with Gasteiger partial charge in [-0.25, -0.2) is 0 Å². The number of nitrogens with zero attached hydrogens (tertiary/aromatic N) is 1. The van der Waals surface area contributed by atoms with E-state index in [-0.39, 0.29) is 5.78 Å².